The van der Waals surface area contributed by atoms with Gasteiger partial charge in [-0.1, -0.05) is 60.7 Å². The largest absolute Gasteiger partial charge is 0.465 e. The Morgan fingerprint density at radius 2 is 1.46 bits per heavy atom. The van der Waals surface area contributed by atoms with E-state index in [1.807, 2.05) is 32.9 Å². The second-order valence-corrected chi connectivity index (χ2v) is 7.52. The van der Waals surface area contributed by atoms with Gasteiger partial charge in [-0.3, -0.25) is 0 Å². The third-order valence-electron chi connectivity index (χ3n) is 4.57. The van der Waals surface area contributed by atoms with Gasteiger partial charge in [-0.15, -0.1) is 0 Å². The van der Waals surface area contributed by atoms with Crippen molar-refractivity contribution >= 4 is 6.09 Å². The molecular weight excluding hydrogens is 324 g/mol. The fourth-order valence-electron chi connectivity index (χ4n) is 3.18. The Morgan fingerprint density at radius 1 is 0.962 bits per heavy atom. The monoisotopic (exact) mass is 354 g/mol. The van der Waals surface area contributed by atoms with Crippen LogP contribution in [0.1, 0.15) is 44.2 Å². The van der Waals surface area contributed by atoms with Crippen LogP contribution in [0.4, 0.5) is 4.79 Å². The highest BCUT2D eigenvalue weighted by atomic mass is 16.4. The SMILES string of the molecule is CC(C)(C)N(CCNCCC(c1ccccc1)c1ccccc1)C(=O)O. The summed E-state index contributed by atoms with van der Waals surface area (Å²) in [6.45, 7) is 7.73. The maximum Gasteiger partial charge on any atom is 0.407 e. The van der Waals surface area contributed by atoms with E-state index >= 15 is 0 Å². The minimum Gasteiger partial charge on any atom is -0.465 e. The van der Waals surface area contributed by atoms with Crippen LogP contribution in [0, 0.1) is 0 Å². The lowest BCUT2D eigenvalue weighted by atomic mass is 9.88. The number of benzene rings is 2. The Labute approximate surface area is 156 Å². The van der Waals surface area contributed by atoms with Gasteiger partial charge in [-0.05, 0) is 44.9 Å². The lowest BCUT2D eigenvalue weighted by molar-refractivity contribution is 0.101. The van der Waals surface area contributed by atoms with Gasteiger partial charge < -0.3 is 15.3 Å². The fourth-order valence-corrected chi connectivity index (χ4v) is 3.18. The summed E-state index contributed by atoms with van der Waals surface area (Å²) in [5, 5.41) is 12.8. The first-order chi connectivity index (χ1) is 12.4. The first-order valence-electron chi connectivity index (χ1n) is 9.21. The van der Waals surface area contributed by atoms with E-state index in [-0.39, 0.29) is 5.54 Å². The molecule has 4 heteroatoms. The van der Waals surface area contributed by atoms with Crippen LogP contribution in [0.3, 0.4) is 0 Å². The van der Waals surface area contributed by atoms with Crippen molar-refractivity contribution in [3.8, 4) is 0 Å². The van der Waals surface area contributed by atoms with E-state index < -0.39 is 6.09 Å². The average Bonchev–Trinajstić information content (AvgIpc) is 2.61. The van der Waals surface area contributed by atoms with Crippen molar-refractivity contribution in [2.75, 3.05) is 19.6 Å². The number of carboxylic acid groups (broad SMARTS) is 1. The summed E-state index contributed by atoms with van der Waals surface area (Å²) < 4.78 is 0. The molecule has 0 saturated carbocycles. The van der Waals surface area contributed by atoms with Crippen LogP contribution in [0.15, 0.2) is 60.7 Å². The molecule has 2 aromatic carbocycles. The predicted molar refractivity (Wildman–Crippen MR) is 107 cm³/mol. The molecule has 2 rings (SSSR count). The molecule has 2 aromatic rings. The van der Waals surface area contributed by atoms with Gasteiger partial charge in [0.15, 0.2) is 0 Å². The van der Waals surface area contributed by atoms with E-state index in [1.165, 1.54) is 16.0 Å². The third-order valence-corrected chi connectivity index (χ3v) is 4.57. The normalized spacial score (nSPS) is 11.5. The van der Waals surface area contributed by atoms with Crippen LogP contribution in [0.25, 0.3) is 0 Å². The van der Waals surface area contributed by atoms with E-state index in [2.05, 4.69) is 53.8 Å². The summed E-state index contributed by atoms with van der Waals surface area (Å²) in [7, 11) is 0. The Morgan fingerprint density at radius 3 is 1.88 bits per heavy atom. The molecule has 0 heterocycles. The van der Waals surface area contributed by atoms with Crippen molar-refractivity contribution in [1.29, 1.82) is 0 Å². The number of hydrogen-bond acceptors (Lipinski definition) is 2. The molecule has 0 aliphatic heterocycles. The van der Waals surface area contributed by atoms with Crippen molar-refractivity contribution in [1.82, 2.24) is 10.2 Å². The summed E-state index contributed by atoms with van der Waals surface area (Å²) in [5.41, 5.74) is 2.23. The van der Waals surface area contributed by atoms with Crippen LogP contribution in [0.5, 0.6) is 0 Å². The zero-order valence-electron chi connectivity index (χ0n) is 16.0. The van der Waals surface area contributed by atoms with Crippen LogP contribution in [-0.4, -0.2) is 41.3 Å². The number of nitrogens with zero attached hydrogens (tertiary/aromatic N) is 1. The summed E-state index contributed by atoms with van der Waals surface area (Å²) in [6, 6.07) is 21.1. The average molecular weight is 354 g/mol. The Kier molecular flexibility index (Phi) is 7.22. The molecule has 0 saturated heterocycles. The van der Waals surface area contributed by atoms with Gasteiger partial charge in [-0.25, -0.2) is 4.79 Å². The van der Waals surface area contributed by atoms with E-state index in [0.29, 0.717) is 19.0 Å². The van der Waals surface area contributed by atoms with Crippen LogP contribution in [0.2, 0.25) is 0 Å². The van der Waals surface area contributed by atoms with E-state index in [4.69, 9.17) is 0 Å². The standard InChI is InChI=1S/C22H30N2O2/c1-22(2,3)24(21(25)26)17-16-23-15-14-20(18-10-6-4-7-11-18)19-12-8-5-9-13-19/h4-13,20,23H,14-17H2,1-3H3,(H,25,26). The van der Waals surface area contributed by atoms with Gasteiger partial charge >= 0.3 is 6.09 Å². The molecule has 0 aliphatic rings. The van der Waals surface area contributed by atoms with Crippen LogP contribution >= 0.6 is 0 Å². The number of rotatable bonds is 8. The topological polar surface area (TPSA) is 52.6 Å². The molecule has 1 amide bonds. The minimum absolute atomic E-state index is 0.336. The van der Waals surface area contributed by atoms with Gasteiger partial charge in [0, 0.05) is 24.5 Å². The molecule has 0 spiro atoms. The molecule has 2 N–H and O–H groups in total. The fraction of sp³-hybridized carbons (Fsp3) is 0.409. The number of hydrogen-bond donors (Lipinski definition) is 2. The predicted octanol–water partition coefficient (Wildman–Crippen LogP) is 4.58. The van der Waals surface area contributed by atoms with E-state index in [9.17, 15) is 9.90 Å². The smallest absolute Gasteiger partial charge is 0.407 e. The quantitative estimate of drug-likeness (QED) is 0.683. The van der Waals surface area contributed by atoms with Crippen molar-refractivity contribution in [2.24, 2.45) is 0 Å². The number of nitrogens with one attached hydrogen (secondary N) is 1. The third kappa shape index (κ3) is 5.88. The highest BCUT2D eigenvalue weighted by molar-refractivity contribution is 5.65. The zero-order valence-corrected chi connectivity index (χ0v) is 16.0. The number of carbonyl (C=O) groups is 1. The van der Waals surface area contributed by atoms with Crippen molar-refractivity contribution in [3.05, 3.63) is 71.8 Å². The molecule has 4 nitrogen and oxygen atoms in total. The van der Waals surface area contributed by atoms with Gasteiger partial charge in [0.25, 0.3) is 0 Å². The molecule has 26 heavy (non-hydrogen) atoms. The van der Waals surface area contributed by atoms with Crippen molar-refractivity contribution in [2.45, 2.75) is 38.6 Å². The van der Waals surface area contributed by atoms with Crippen LogP contribution in [-0.2, 0) is 0 Å². The van der Waals surface area contributed by atoms with Gasteiger partial charge in [0.2, 0.25) is 0 Å². The van der Waals surface area contributed by atoms with Gasteiger partial charge in [0.05, 0.1) is 0 Å². The molecule has 0 aliphatic carbocycles. The molecule has 0 fully saturated rings. The second-order valence-electron chi connectivity index (χ2n) is 7.52. The maximum atomic E-state index is 11.4. The van der Waals surface area contributed by atoms with Gasteiger partial charge in [-0.2, -0.15) is 0 Å². The first kappa shape index (κ1) is 20.0. The molecule has 0 bridgehead atoms. The molecule has 0 aromatic heterocycles. The highest BCUT2D eigenvalue weighted by Gasteiger charge is 2.25. The van der Waals surface area contributed by atoms with Crippen LogP contribution < -0.4 is 5.32 Å². The summed E-state index contributed by atoms with van der Waals surface area (Å²) in [4.78, 5) is 12.9. The van der Waals surface area contributed by atoms with E-state index in [1.54, 1.807) is 0 Å². The second kappa shape index (κ2) is 9.39. The lowest BCUT2D eigenvalue weighted by Gasteiger charge is -2.33. The molecule has 0 radical (unpaired) electrons. The molecule has 0 unspecified atom stereocenters. The molecular formula is C22H30N2O2. The Bertz CT molecular complexity index is 626. The van der Waals surface area contributed by atoms with Gasteiger partial charge in [0.1, 0.15) is 0 Å². The first-order valence-corrected chi connectivity index (χ1v) is 9.21. The summed E-state index contributed by atoms with van der Waals surface area (Å²) >= 11 is 0. The molecule has 0 atom stereocenters. The molecule has 140 valence electrons. The number of amides is 1. The van der Waals surface area contributed by atoms with Crippen molar-refractivity contribution < 1.29 is 9.90 Å². The lowest BCUT2D eigenvalue weighted by Crippen LogP contribution is -2.47. The minimum atomic E-state index is -0.870. The summed E-state index contributed by atoms with van der Waals surface area (Å²) in [6.07, 6.45) is 0.0992. The van der Waals surface area contributed by atoms with Crippen molar-refractivity contribution in [3.63, 3.8) is 0 Å². The zero-order chi connectivity index (χ0) is 19.0. The highest BCUT2D eigenvalue weighted by Crippen LogP contribution is 2.27. The Hall–Kier alpha value is -2.33. The maximum absolute atomic E-state index is 11.4. The Balaban J connectivity index is 1.91. The van der Waals surface area contributed by atoms with E-state index in [0.717, 1.165) is 13.0 Å². The summed E-state index contributed by atoms with van der Waals surface area (Å²) in [5.74, 6) is 0.336.